The molecule has 0 saturated carbocycles. The molecule has 40 heavy (non-hydrogen) atoms. The van der Waals surface area contributed by atoms with Crippen LogP contribution in [0.5, 0.6) is 0 Å². The first-order valence-corrected chi connectivity index (χ1v) is 16.2. The summed E-state index contributed by atoms with van der Waals surface area (Å²) in [7, 11) is 0. The van der Waals surface area contributed by atoms with Gasteiger partial charge in [0.1, 0.15) is 0 Å². The van der Waals surface area contributed by atoms with Crippen molar-refractivity contribution in [1.29, 1.82) is 0 Å². The van der Waals surface area contributed by atoms with Crippen molar-refractivity contribution in [2.45, 2.75) is 20.8 Å². The molecule has 0 aromatic heterocycles. The van der Waals surface area contributed by atoms with Crippen LogP contribution < -0.4 is 24.8 Å². The number of fused-ring (bicyclic) bond motifs is 3. The van der Waals surface area contributed by atoms with Crippen LogP contribution in [-0.4, -0.2) is 7.42 Å². The molecule has 1 aliphatic rings. The molecule has 5 aromatic rings. The molecule has 0 bridgehead atoms. The van der Waals surface area contributed by atoms with Crippen LogP contribution in [-0.2, 0) is 22.3 Å². The summed E-state index contributed by atoms with van der Waals surface area (Å²) in [6.45, 7) is 6.39. The number of rotatable bonds is 2. The van der Waals surface area contributed by atoms with Crippen LogP contribution >= 0.6 is 23.2 Å². The Bertz CT molecular complexity index is 1520. The first-order chi connectivity index (χ1) is 18.4. The Morgan fingerprint density at radius 1 is 0.675 bits per heavy atom. The fourth-order valence-corrected chi connectivity index (χ4v) is 6.60. The maximum absolute atomic E-state index is 5.84. The van der Waals surface area contributed by atoms with E-state index in [-0.39, 0.29) is 24.8 Å². The second kappa shape index (κ2) is 17.1. The van der Waals surface area contributed by atoms with E-state index in [2.05, 4.69) is 119 Å². The summed E-state index contributed by atoms with van der Waals surface area (Å²) < 4.78 is 4.66. The standard InChI is InChI=1S/C13H9.C8H11.2C7H5Cl.2ClH.Zr/c1-3-7-12-10(5-1)9-11-6-2-4-8-13(11)12;1-6-4-7(2)8(3)5-6;2*1-6-2-4-7(8)5-3-6;;;/h1-9H;4,6H,1-3H3;2*1-5H;2*1H;/q2*-1;;;;;/p-2. The van der Waals surface area contributed by atoms with Crippen molar-refractivity contribution < 1.29 is 47.1 Å². The average Bonchev–Trinajstić information content (AvgIpc) is 3.44. The van der Waals surface area contributed by atoms with E-state index in [0.717, 1.165) is 10.0 Å². The molecule has 0 N–H and O–H groups in total. The minimum absolute atomic E-state index is 0. The molecule has 0 fully saturated rings. The molecule has 0 amide bonds. The Morgan fingerprint density at radius 2 is 1.10 bits per heavy atom. The Hall–Kier alpha value is -1.99. The van der Waals surface area contributed by atoms with Gasteiger partial charge >= 0.3 is 123 Å². The Morgan fingerprint density at radius 3 is 1.45 bits per heavy atom. The molecule has 0 heterocycles. The normalized spacial score (nSPS) is 13.2. The zero-order valence-corrected chi connectivity index (χ0v) is 28.1. The second-order valence-corrected chi connectivity index (χ2v) is 12.4. The SMILES string of the molecule is CC1=[C-]C(C)C=C1C.Clc1ccc([CH]=[Zr]=[CH]c2ccc(Cl)cc2)cc1.[Cl-].[Cl-].c1ccc2c(c1)[cH-]c1ccccc12. The summed E-state index contributed by atoms with van der Waals surface area (Å²) in [6, 6.07) is 35.2. The van der Waals surface area contributed by atoms with Crippen molar-refractivity contribution >= 4 is 52.2 Å². The van der Waals surface area contributed by atoms with E-state index in [4.69, 9.17) is 23.2 Å². The minimum atomic E-state index is -0.623. The van der Waals surface area contributed by atoms with Crippen LogP contribution in [0.4, 0.5) is 0 Å². The van der Waals surface area contributed by atoms with Crippen LogP contribution in [0.25, 0.3) is 21.5 Å². The van der Waals surface area contributed by atoms with Gasteiger partial charge in [-0.05, 0) is 0 Å². The van der Waals surface area contributed by atoms with E-state index in [1.807, 2.05) is 24.3 Å². The second-order valence-electron chi connectivity index (χ2n) is 9.28. The van der Waals surface area contributed by atoms with Crippen molar-refractivity contribution in [3.05, 3.63) is 148 Å². The zero-order chi connectivity index (χ0) is 26.9. The maximum atomic E-state index is 5.84. The Labute approximate surface area is 271 Å². The predicted molar refractivity (Wildman–Crippen MR) is 166 cm³/mol. The summed E-state index contributed by atoms with van der Waals surface area (Å²) in [4.78, 5) is 0. The monoisotopic (exact) mass is 680 g/mol. The van der Waals surface area contributed by atoms with Crippen molar-refractivity contribution in [1.82, 2.24) is 0 Å². The number of allylic oxidation sites excluding steroid dienone is 4. The van der Waals surface area contributed by atoms with E-state index < -0.39 is 22.3 Å². The van der Waals surface area contributed by atoms with Gasteiger partial charge in [-0.25, -0.2) is 11.1 Å². The zero-order valence-electron chi connectivity index (χ0n) is 22.6. The molecule has 1 unspecified atom stereocenters. The van der Waals surface area contributed by atoms with Gasteiger partial charge in [0, 0.05) is 0 Å². The van der Waals surface area contributed by atoms with E-state index >= 15 is 0 Å². The van der Waals surface area contributed by atoms with Gasteiger partial charge in [-0.1, -0.05) is 56.2 Å². The fraction of sp³-hybridized carbons (Fsp3) is 0.114. The van der Waals surface area contributed by atoms with Crippen LogP contribution in [0, 0.1) is 12.0 Å². The number of hydrogen-bond donors (Lipinski definition) is 0. The Kier molecular flexibility index (Phi) is 14.6. The number of halogens is 4. The molecule has 0 nitrogen and oxygen atoms in total. The molecular weight excluding hydrogens is 653 g/mol. The summed E-state index contributed by atoms with van der Waals surface area (Å²) in [5.41, 5.74) is 5.22. The first-order valence-electron chi connectivity index (χ1n) is 12.6. The van der Waals surface area contributed by atoms with Crippen LogP contribution in [0.2, 0.25) is 10.0 Å². The van der Waals surface area contributed by atoms with Gasteiger partial charge in [-0.2, -0.15) is 6.08 Å². The third-order valence-electron chi connectivity index (χ3n) is 6.30. The van der Waals surface area contributed by atoms with Crippen molar-refractivity contribution in [2.75, 3.05) is 0 Å². The largest absolute Gasteiger partial charge is 1.00 e. The molecule has 5 heteroatoms. The first kappa shape index (κ1) is 34.2. The van der Waals surface area contributed by atoms with E-state index in [0.29, 0.717) is 5.92 Å². The molecular formula is C35H30Cl4Zr-4. The van der Waals surface area contributed by atoms with Crippen LogP contribution in [0.15, 0.2) is 120 Å². The van der Waals surface area contributed by atoms with Gasteiger partial charge in [-0.15, -0.1) is 46.7 Å². The molecule has 0 aliphatic heterocycles. The third-order valence-corrected chi connectivity index (χ3v) is 9.26. The Balaban J connectivity index is 0.000000217. The van der Waals surface area contributed by atoms with E-state index in [9.17, 15) is 0 Å². The average molecular weight is 684 g/mol. The van der Waals surface area contributed by atoms with Crippen molar-refractivity contribution in [3.8, 4) is 0 Å². The summed E-state index contributed by atoms with van der Waals surface area (Å²) in [6.07, 6.45) is 5.52. The number of hydrogen-bond acceptors (Lipinski definition) is 0. The molecule has 1 atom stereocenters. The summed E-state index contributed by atoms with van der Waals surface area (Å²) in [5, 5.41) is 6.96. The van der Waals surface area contributed by atoms with Gasteiger partial charge in [0.25, 0.3) is 0 Å². The smallest absolute Gasteiger partial charge is 0.0771 e. The predicted octanol–water partition coefficient (Wildman–Crippen LogP) is 4.13. The molecule has 0 saturated heterocycles. The summed E-state index contributed by atoms with van der Waals surface area (Å²) in [5.74, 6) is 0.551. The van der Waals surface area contributed by atoms with E-state index in [1.165, 1.54) is 43.8 Å². The van der Waals surface area contributed by atoms with Crippen LogP contribution in [0.1, 0.15) is 31.9 Å². The quantitative estimate of drug-likeness (QED) is 0.246. The van der Waals surface area contributed by atoms with E-state index in [1.54, 1.807) is 0 Å². The summed E-state index contributed by atoms with van der Waals surface area (Å²) >= 11 is 11.0. The molecule has 0 spiro atoms. The number of benzene rings is 4. The molecule has 0 radical (unpaired) electrons. The van der Waals surface area contributed by atoms with Gasteiger partial charge in [-0.3, -0.25) is 6.08 Å². The van der Waals surface area contributed by atoms with Crippen molar-refractivity contribution in [3.63, 3.8) is 0 Å². The van der Waals surface area contributed by atoms with Crippen molar-refractivity contribution in [2.24, 2.45) is 5.92 Å². The molecule has 6 rings (SSSR count). The topological polar surface area (TPSA) is 0 Å². The van der Waals surface area contributed by atoms with Crippen LogP contribution in [0.3, 0.4) is 0 Å². The maximum Gasteiger partial charge on any atom is -0.0771 e. The molecule has 5 aromatic carbocycles. The third kappa shape index (κ3) is 10.1. The van der Waals surface area contributed by atoms with Gasteiger partial charge in [0.2, 0.25) is 0 Å². The fourth-order valence-electron chi connectivity index (χ4n) is 4.25. The van der Waals surface area contributed by atoms with Gasteiger partial charge in [0.15, 0.2) is 0 Å². The van der Waals surface area contributed by atoms with Gasteiger partial charge in [0.05, 0.1) is 0 Å². The molecule has 206 valence electrons. The van der Waals surface area contributed by atoms with Gasteiger partial charge < -0.3 is 24.8 Å². The molecule has 1 aliphatic carbocycles. The minimum Gasteiger partial charge on any atom is -1.00 e.